The summed E-state index contributed by atoms with van der Waals surface area (Å²) < 4.78 is 1.48. The van der Waals surface area contributed by atoms with Gasteiger partial charge in [0, 0.05) is 12.7 Å². The number of pyridine rings is 1. The average Bonchev–Trinajstić information content (AvgIpc) is 3.13. The van der Waals surface area contributed by atoms with Crippen molar-refractivity contribution < 1.29 is 19.5 Å². The maximum absolute atomic E-state index is 13.0. The first-order valence-corrected chi connectivity index (χ1v) is 10.7. The molecule has 3 N–H and O–H groups in total. The molecule has 2 heterocycles. The minimum atomic E-state index is -1.13. The molecule has 2 amide bonds. The molecule has 30 heavy (non-hydrogen) atoms. The molecule has 158 valence electrons. The van der Waals surface area contributed by atoms with E-state index in [1.54, 1.807) is 18.3 Å². The summed E-state index contributed by atoms with van der Waals surface area (Å²) in [6.45, 7) is 0.224. The highest BCUT2D eigenvalue weighted by molar-refractivity contribution is 6.02. The highest BCUT2D eigenvalue weighted by Gasteiger charge is 2.50. The number of hydrogen-bond donors (Lipinski definition) is 3. The number of rotatable bonds is 6. The van der Waals surface area contributed by atoms with Crippen molar-refractivity contribution in [1.82, 2.24) is 20.2 Å². The van der Waals surface area contributed by atoms with Gasteiger partial charge in [-0.3, -0.25) is 14.4 Å². The number of nitrogens with one attached hydrogen (secondary N) is 2. The summed E-state index contributed by atoms with van der Waals surface area (Å²) in [6.07, 6.45) is 9.45. The molecule has 8 nitrogen and oxygen atoms in total. The van der Waals surface area contributed by atoms with Crippen LogP contribution in [0.25, 0.3) is 5.52 Å². The molecule has 0 aliphatic heterocycles. The molecular weight excluding hydrogens is 384 g/mol. The van der Waals surface area contributed by atoms with Gasteiger partial charge in [-0.05, 0) is 79.9 Å². The molecule has 0 radical (unpaired) electrons. The lowest BCUT2D eigenvalue weighted by Gasteiger charge is -2.56. The van der Waals surface area contributed by atoms with Crippen LogP contribution in [0.4, 0.5) is 0 Å². The summed E-state index contributed by atoms with van der Waals surface area (Å²) in [5, 5.41) is 18.4. The molecule has 4 fully saturated rings. The van der Waals surface area contributed by atoms with E-state index < -0.39 is 18.4 Å². The second kappa shape index (κ2) is 7.11. The van der Waals surface area contributed by atoms with Gasteiger partial charge >= 0.3 is 5.97 Å². The standard InChI is InChI=1S/C22H26N4O4/c27-19(28)11-23-21(30)17-7-18-16(2-1-3-26(18)25-17)20(29)24-12-22-8-13-4-14(9-22)6-15(5-13)10-22/h1-3,7,13-15H,4-6,8-12H2,(H,23,30)(H,24,29)(H,27,28). The van der Waals surface area contributed by atoms with Crippen molar-refractivity contribution in [2.45, 2.75) is 38.5 Å². The number of carbonyl (C=O) groups is 3. The molecule has 2 aromatic heterocycles. The molecule has 0 spiro atoms. The molecule has 6 rings (SSSR count). The summed E-state index contributed by atoms with van der Waals surface area (Å²) in [5.74, 6) is 0.626. The Morgan fingerprint density at radius 3 is 2.37 bits per heavy atom. The zero-order chi connectivity index (χ0) is 20.9. The van der Waals surface area contributed by atoms with E-state index in [-0.39, 0.29) is 17.0 Å². The van der Waals surface area contributed by atoms with Crippen molar-refractivity contribution in [3.05, 3.63) is 35.7 Å². The summed E-state index contributed by atoms with van der Waals surface area (Å²) in [4.78, 5) is 35.8. The zero-order valence-corrected chi connectivity index (χ0v) is 16.8. The maximum atomic E-state index is 13.0. The van der Waals surface area contributed by atoms with E-state index in [9.17, 15) is 14.4 Å². The molecule has 0 atom stereocenters. The second-order valence-electron chi connectivity index (χ2n) is 9.46. The van der Waals surface area contributed by atoms with Crippen molar-refractivity contribution in [3.8, 4) is 0 Å². The van der Waals surface area contributed by atoms with E-state index in [1.165, 1.54) is 49.1 Å². The van der Waals surface area contributed by atoms with Gasteiger partial charge in [0.05, 0.1) is 11.1 Å². The topological polar surface area (TPSA) is 113 Å². The molecule has 4 bridgehead atoms. The average molecular weight is 410 g/mol. The largest absolute Gasteiger partial charge is 0.480 e. The van der Waals surface area contributed by atoms with E-state index in [0.717, 1.165) is 17.8 Å². The van der Waals surface area contributed by atoms with E-state index >= 15 is 0 Å². The van der Waals surface area contributed by atoms with E-state index in [0.29, 0.717) is 17.6 Å². The van der Waals surface area contributed by atoms with Crippen LogP contribution in [0.15, 0.2) is 24.4 Å². The minimum Gasteiger partial charge on any atom is -0.480 e. The fourth-order valence-electron chi connectivity index (χ4n) is 6.43. The lowest BCUT2D eigenvalue weighted by molar-refractivity contribution is -0.135. The van der Waals surface area contributed by atoms with Crippen molar-refractivity contribution in [2.75, 3.05) is 13.1 Å². The Labute approximate surface area is 174 Å². The number of hydrogen-bond acceptors (Lipinski definition) is 4. The number of aliphatic carboxylic acids is 1. The second-order valence-corrected chi connectivity index (χ2v) is 9.46. The van der Waals surface area contributed by atoms with E-state index in [1.807, 2.05) is 0 Å². The van der Waals surface area contributed by atoms with Crippen molar-refractivity contribution in [1.29, 1.82) is 0 Å². The van der Waals surface area contributed by atoms with Crippen molar-refractivity contribution >= 4 is 23.3 Å². The predicted octanol–water partition coefficient (Wildman–Crippen LogP) is 2.09. The zero-order valence-electron chi connectivity index (χ0n) is 16.8. The van der Waals surface area contributed by atoms with Gasteiger partial charge in [-0.2, -0.15) is 5.10 Å². The minimum absolute atomic E-state index is 0.0811. The first kappa shape index (κ1) is 19.1. The normalized spacial score (nSPS) is 29.1. The van der Waals surface area contributed by atoms with Crippen LogP contribution < -0.4 is 10.6 Å². The smallest absolute Gasteiger partial charge is 0.322 e. The SMILES string of the molecule is O=C(O)CNC(=O)c1cc2c(C(=O)NCC34CC5CC(CC(C5)C3)C4)cccn2n1. The van der Waals surface area contributed by atoms with Crippen LogP contribution in [0.3, 0.4) is 0 Å². The quantitative estimate of drug-likeness (QED) is 0.675. The first-order valence-electron chi connectivity index (χ1n) is 10.7. The van der Waals surface area contributed by atoms with Crippen LogP contribution in [-0.4, -0.2) is 45.6 Å². The maximum Gasteiger partial charge on any atom is 0.322 e. The lowest BCUT2D eigenvalue weighted by atomic mass is 9.49. The van der Waals surface area contributed by atoms with Gasteiger partial charge in [0.2, 0.25) is 0 Å². The van der Waals surface area contributed by atoms with Gasteiger partial charge in [-0.1, -0.05) is 0 Å². The highest BCUT2D eigenvalue weighted by atomic mass is 16.4. The van der Waals surface area contributed by atoms with Gasteiger partial charge in [-0.15, -0.1) is 0 Å². The van der Waals surface area contributed by atoms with E-state index in [2.05, 4.69) is 15.7 Å². The number of carbonyl (C=O) groups excluding carboxylic acids is 2. The van der Waals surface area contributed by atoms with Crippen LogP contribution in [-0.2, 0) is 4.79 Å². The van der Waals surface area contributed by atoms with E-state index in [4.69, 9.17) is 5.11 Å². The third kappa shape index (κ3) is 3.44. The number of nitrogens with zero attached hydrogens (tertiary/aromatic N) is 2. The first-order chi connectivity index (χ1) is 14.4. The summed E-state index contributed by atoms with van der Waals surface area (Å²) in [5.41, 5.74) is 1.32. The predicted molar refractivity (Wildman–Crippen MR) is 108 cm³/mol. The molecule has 4 saturated carbocycles. The molecular formula is C22H26N4O4. The number of carboxylic acids is 1. The third-order valence-corrected chi connectivity index (χ3v) is 7.17. The van der Waals surface area contributed by atoms with Crippen molar-refractivity contribution in [3.63, 3.8) is 0 Å². The number of carboxylic acid groups (broad SMARTS) is 1. The molecule has 4 aliphatic rings. The van der Waals surface area contributed by atoms with Gasteiger partial charge in [0.15, 0.2) is 5.69 Å². The molecule has 0 aromatic carbocycles. The van der Waals surface area contributed by atoms with Gasteiger partial charge < -0.3 is 15.7 Å². The summed E-state index contributed by atoms with van der Waals surface area (Å²) >= 11 is 0. The Balaban J connectivity index is 1.31. The highest BCUT2D eigenvalue weighted by Crippen LogP contribution is 2.59. The molecule has 8 heteroatoms. The lowest BCUT2D eigenvalue weighted by Crippen LogP contribution is -2.51. The van der Waals surface area contributed by atoms with Gasteiger partial charge in [0.1, 0.15) is 6.54 Å². The number of fused-ring (bicyclic) bond motifs is 1. The molecule has 2 aromatic rings. The summed E-state index contributed by atoms with van der Waals surface area (Å²) in [6, 6.07) is 4.97. The fourth-order valence-corrected chi connectivity index (χ4v) is 6.43. The van der Waals surface area contributed by atoms with Crippen LogP contribution >= 0.6 is 0 Å². The van der Waals surface area contributed by atoms with Crippen LogP contribution in [0.2, 0.25) is 0 Å². The molecule has 0 saturated heterocycles. The Morgan fingerprint density at radius 1 is 1.07 bits per heavy atom. The Hall–Kier alpha value is -2.90. The van der Waals surface area contributed by atoms with Crippen LogP contribution in [0.5, 0.6) is 0 Å². The fraction of sp³-hybridized carbons (Fsp3) is 0.545. The Bertz CT molecular complexity index is 992. The number of amides is 2. The van der Waals surface area contributed by atoms with Gasteiger partial charge in [0.25, 0.3) is 11.8 Å². The van der Waals surface area contributed by atoms with Crippen molar-refractivity contribution in [2.24, 2.45) is 23.2 Å². The van der Waals surface area contributed by atoms with Crippen LogP contribution in [0, 0.1) is 23.2 Å². The summed E-state index contributed by atoms with van der Waals surface area (Å²) in [7, 11) is 0. The van der Waals surface area contributed by atoms with Gasteiger partial charge in [-0.25, -0.2) is 4.52 Å². The van der Waals surface area contributed by atoms with Crippen LogP contribution in [0.1, 0.15) is 59.4 Å². The number of aromatic nitrogens is 2. The Kier molecular flexibility index (Phi) is 4.52. The molecule has 4 aliphatic carbocycles. The monoisotopic (exact) mass is 410 g/mol. The molecule has 0 unspecified atom stereocenters. The Morgan fingerprint density at radius 2 is 1.73 bits per heavy atom. The third-order valence-electron chi connectivity index (χ3n) is 7.17.